The Morgan fingerprint density at radius 3 is 2.42 bits per heavy atom. The van der Waals surface area contributed by atoms with Gasteiger partial charge in [-0.15, -0.1) is 11.3 Å². The van der Waals surface area contributed by atoms with E-state index < -0.39 is 42.1 Å². The quantitative estimate of drug-likeness (QED) is 0.568. The van der Waals surface area contributed by atoms with Gasteiger partial charge in [0.05, 0.1) is 6.04 Å². The summed E-state index contributed by atoms with van der Waals surface area (Å²) in [5.74, 6) is -0.694. The highest BCUT2D eigenvalue weighted by molar-refractivity contribution is 7.09. The third kappa shape index (κ3) is 5.13. The first-order chi connectivity index (χ1) is 17.1. The van der Waals surface area contributed by atoms with Gasteiger partial charge in [-0.1, -0.05) is 34.1 Å². The molecule has 0 fully saturated rings. The molecule has 4 rings (SSSR count). The average Bonchev–Trinajstić information content (AvgIpc) is 3.59. The molecule has 36 heavy (non-hydrogen) atoms. The number of carbonyl (C=O) groups is 3. The fourth-order valence-electron chi connectivity index (χ4n) is 4.07. The molecule has 2 aliphatic heterocycles. The summed E-state index contributed by atoms with van der Waals surface area (Å²) in [7, 11) is 0. The van der Waals surface area contributed by atoms with E-state index in [0.717, 1.165) is 6.42 Å². The van der Waals surface area contributed by atoms with Crippen molar-refractivity contribution in [3.63, 3.8) is 0 Å². The van der Waals surface area contributed by atoms with Crippen LogP contribution >= 0.6 is 11.3 Å². The molecule has 0 aliphatic carbocycles. The number of hydrogen-bond acceptors (Lipinski definition) is 9. The van der Waals surface area contributed by atoms with E-state index in [1.54, 1.807) is 19.2 Å². The van der Waals surface area contributed by atoms with Crippen LogP contribution in [0, 0.1) is 11.8 Å². The van der Waals surface area contributed by atoms with Crippen LogP contribution in [0.3, 0.4) is 0 Å². The minimum Gasteiger partial charge on any atom is -0.474 e. The fraction of sp³-hybridized carbons (Fsp3) is 0.583. The number of rotatable bonds is 3. The third-order valence-corrected chi connectivity index (χ3v) is 7.44. The van der Waals surface area contributed by atoms with Crippen LogP contribution in [0.15, 0.2) is 21.1 Å². The minimum atomic E-state index is -0.806. The molecule has 1 unspecified atom stereocenters. The van der Waals surface area contributed by atoms with Gasteiger partial charge in [-0.25, -0.2) is 15.0 Å². The molecule has 0 radical (unpaired) electrons. The summed E-state index contributed by atoms with van der Waals surface area (Å²) in [5, 5.41) is 11.1. The van der Waals surface area contributed by atoms with Gasteiger partial charge in [-0.2, -0.15) is 0 Å². The summed E-state index contributed by atoms with van der Waals surface area (Å²) in [4.78, 5) is 52.5. The molecule has 3 N–H and O–H groups in total. The van der Waals surface area contributed by atoms with Crippen molar-refractivity contribution in [2.75, 3.05) is 0 Å². The maximum atomic E-state index is 13.1. The van der Waals surface area contributed by atoms with Gasteiger partial charge in [0.2, 0.25) is 17.7 Å². The Bertz CT molecular complexity index is 1170. The second-order valence-electron chi connectivity index (χ2n) is 9.64. The third-order valence-electron chi connectivity index (χ3n) is 6.51. The normalized spacial score (nSPS) is 27.8. The number of thiazole rings is 1. The van der Waals surface area contributed by atoms with Crippen molar-refractivity contribution in [2.24, 2.45) is 16.8 Å². The lowest BCUT2D eigenvalue weighted by atomic mass is 9.99. The average molecular weight is 517 g/mol. The van der Waals surface area contributed by atoms with Crippen LogP contribution in [0.1, 0.15) is 91.9 Å². The molecular formula is C24H32N6O5S. The largest absolute Gasteiger partial charge is 0.474 e. The number of aliphatic imine (C=N–C) groups is 1. The van der Waals surface area contributed by atoms with Gasteiger partial charge < -0.3 is 25.1 Å². The van der Waals surface area contributed by atoms with Crippen molar-refractivity contribution in [3.8, 4) is 0 Å². The molecule has 0 saturated heterocycles. The van der Waals surface area contributed by atoms with Crippen LogP contribution in [-0.2, 0) is 9.53 Å². The molecule has 194 valence electrons. The highest BCUT2D eigenvalue weighted by Crippen LogP contribution is 2.29. The summed E-state index contributed by atoms with van der Waals surface area (Å²) >= 11 is 1.30. The fourth-order valence-corrected chi connectivity index (χ4v) is 5.05. The Balaban J connectivity index is 1.74. The summed E-state index contributed by atoms with van der Waals surface area (Å²) in [6, 6.07) is -2.37. The first kappa shape index (κ1) is 25.8. The molecule has 11 nitrogen and oxygen atoms in total. The number of nitrogens with one attached hydrogen (secondary N) is 3. The number of amides is 3. The molecule has 6 atom stereocenters. The van der Waals surface area contributed by atoms with Crippen molar-refractivity contribution in [1.82, 2.24) is 25.9 Å². The molecule has 4 heterocycles. The number of nitrogens with zero attached hydrogens (tertiary/aromatic N) is 3. The number of fused-ring (bicyclic) bond motifs is 5. The number of carbonyl (C=O) groups excluding carboxylic acids is 3. The molecule has 0 aromatic carbocycles. The zero-order valence-electron chi connectivity index (χ0n) is 21.2. The maximum Gasteiger partial charge on any atom is 0.273 e. The highest BCUT2D eigenvalue weighted by Gasteiger charge is 2.38. The lowest BCUT2D eigenvalue weighted by Crippen LogP contribution is -2.41. The first-order valence-corrected chi connectivity index (χ1v) is 13.0. The van der Waals surface area contributed by atoms with Crippen LogP contribution in [0.2, 0.25) is 0 Å². The minimum absolute atomic E-state index is 0.0502. The Hall–Kier alpha value is -3.28. The topological polar surface area (TPSA) is 148 Å². The van der Waals surface area contributed by atoms with Crippen LogP contribution in [-0.4, -0.2) is 51.8 Å². The van der Waals surface area contributed by atoms with Crippen molar-refractivity contribution < 1.29 is 23.5 Å². The van der Waals surface area contributed by atoms with E-state index in [2.05, 4.69) is 30.9 Å². The number of aromatic nitrogens is 2. The standard InChI is InChI=1S/C24H32N6O5S/c1-7-11(4)17-24-27-15(9-36-24)20(32)25-12(5)22-30-18(13(6)35-22)21(33)28-16(10(2)3)23-26-14(8-34-23)19(31)29-17/h8-13,16-18H,7H2,1-6H3,(H,25,32)(H,28,33)(H,29,31)/t11?,12-,13+,16-,17+,18-/m0/s1. The van der Waals surface area contributed by atoms with Crippen LogP contribution in [0.5, 0.6) is 0 Å². The molecule has 2 aromatic heterocycles. The highest BCUT2D eigenvalue weighted by atomic mass is 32.1. The van der Waals surface area contributed by atoms with E-state index in [1.165, 1.54) is 17.6 Å². The Kier molecular flexibility index (Phi) is 7.43. The zero-order valence-corrected chi connectivity index (χ0v) is 22.0. The first-order valence-electron chi connectivity index (χ1n) is 12.2. The zero-order chi connectivity index (χ0) is 26.1. The molecule has 2 aliphatic rings. The van der Waals surface area contributed by atoms with Gasteiger partial charge in [0.1, 0.15) is 35.2 Å². The predicted octanol–water partition coefficient (Wildman–Crippen LogP) is 2.78. The molecular weight excluding hydrogens is 484 g/mol. The van der Waals surface area contributed by atoms with E-state index in [9.17, 15) is 14.4 Å². The number of hydrogen-bond donors (Lipinski definition) is 3. The molecule has 6 bridgehead atoms. The van der Waals surface area contributed by atoms with E-state index in [1.807, 2.05) is 27.7 Å². The molecule has 3 amide bonds. The van der Waals surface area contributed by atoms with Crippen LogP contribution < -0.4 is 16.0 Å². The van der Waals surface area contributed by atoms with E-state index in [0.29, 0.717) is 5.01 Å². The number of oxazole rings is 1. The van der Waals surface area contributed by atoms with Gasteiger partial charge in [-0.05, 0) is 25.7 Å². The molecule has 0 spiro atoms. The maximum absolute atomic E-state index is 13.1. The Labute approximate surface area is 213 Å². The summed E-state index contributed by atoms with van der Waals surface area (Å²) in [5.41, 5.74) is 0.329. The van der Waals surface area contributed by atoms with Crippen molar-refractivity contribution in [3.05, 3.63) is 33.9 Å². The van der Waals surface area contributed by atoms with Crippen LogP contribution in [0.25, 0.3) is 0 Å². The smallest absolute Gasteiger partial charge is 0.273 e. The van der Waals surface area contributed by atoms with E-state index in [4.69, 9.17) is 9.15 Å². The molecule has 2 aromatic rings. The Morgan fingerprint density at radius 1 is 1.00 bits per heavy atom. The summed E-state index contributed by atoms with van der Waals surface area (Å²) < 4.78 is 11.5. The SMILES string of the molecule is CCC(C)[C@H]1NC(=O)c2coc(n2)[C@H](C(C)C)NC(=O)[C@H]2N=C(O[C@@H]2C)[C@H](C)NC(=O)c2csc1n2. The second kappa shape index (κ2) is 10.4. The molecule has 12 heteroatoms. The van der Waals surface area contributed by atoms with Crippen molar-refractivity contribution in [1.29, 1.82) is 0 Å². The monoisotopic (exact) mass is 516 g/mol. The van der Waals surface area contributed by atoms with Gasteiger partial charge in [0.15, 0.2) is 11.7 Å². The van der Waals surface area contributed by atoms with Gasteiger partial charge in [-0.3, -0.25) is 14.4 Å². The Morgan fingerprint density at radius 2 is 1.72 bits per heavy atom. The van der Waals surface area contributed by atoms with Gasteiger partial charge in [0, 0.05) is 5.38 Å². The van der Waals surface area contributed by atoms with Crippen molar-refractivity contribution in [2.45, 2.75) is 78.2 Å². The van der Waals surface area contributed by atoms with Crippen molar-refractivity contribution >= 4 is 35.0 Å². The van der Waals surface area contributed by atoms with Crippen LogP contribution in [0.4, 0.5) is 0 Å². The van der Waals surface area contributed by atoms with E-state index in [-0.39, 0.29) is 40.9 Å². The van der Waals surface area contributed by atoms with Gasteiger partial charge >= 0.3 is 0 Å². The second-order valence-corrected chi connectivity index (χ2v) is 10.5. The lowest BCUT2D eigenvalue weighted by molar-refractivity contribution is -0.124. The van der Waals surface area contributed by atoms with E-state index >= 15 is 0 Å². The summed E-state index contributed by atoms with van der Waals surface area (Å²) in [6.07, 6.45) is 1.54. The predicted molar refractivity (Wildman–Crippen MR) is 133 cm³/mol. The molecule has 0 saturated carbocycles. The number of ether oxygens (including phenoxy) is 1. The van der Waals surface area contributed by atoms with Gasteiger partial charge in [0.25, 0.3) is 11.8 Å². The summed E-state index contributed by atoms with van der Waals surface area (Å²) in [6.45, 7) is 11.3. The lowest BCUT2D eigenvalue weighted by Gasteiger charge is -2.22.